The topological polar surface area (TPSA) is 76.0 Å². The normalized spacial score (nSPS) is 19.6. The molecule has 0 radical (unpaired) electrons. The Labute approximate surface area is 118 Å². The average Bonchev–Trinajstić information content (AvgIpc) is 3.15. The molecule has 1 aliphatic carbocycles. The Hall–Kier alpha value is -1.43. The van der Waals surface area contributed by atoms with Gasteiger partial charge < -0.3 is 19.7 Å². The summed E-state index contributed by atoms with van der Waals surface area (Å²) in [4.78, 5) is 11.5. The maximum Gasteiger partial charge on any atom is 0.314 e. The second-order valence-corrected chi connectivity index (χ2v) is 5.70. The zero-order valence-corrected chi connectivity index (χ0v) is 11.7. The fraction of sp³-hybridized carbons (Fsp3) is 0.462. The monoisotopic (exact) mass is 328 g/mol. The summed E-state index contributed by atoms with van der Waals surface area (Å²) < 4.78 is 11.6. The second-order valence-electron chi connectivity index (χ2n) is 4.85. The third-order valence-electron chi connectivity index (χ3n) is 3.60. The summed E-state index contributed by atoms with van der Waals surface area (Å²) in [5, 5.41) is 19.6. The minimum atomic E-state index is -1.04. The van der Waals surface area contributed by atoms with Crippen molar-refractivity contribution >= 4 is 21.9 Å². The van der Waals surface area contributed by atoms with Crippen molar-refractivity contribution in [3.8, 4) is 17.2 Å². The summed E-state index contributed by atoms with van der Waals surface area (Å²) in [7, 11) is 0. The minimum absolute atomic E-state index is 0.0656. The van der Waals surface area contributed by atoms with E-state index >= 15 is 0 Å². The molecular formula is C13H13BrO5. The van der Waals surface area contributed by atoms with Crippen LogP contribution in [0.4, 0.5) is 0 Å². The van der Waals surface area contributed by atoms with E-state index in [1.54, 1.807) is 6.07 Å². The quantitative estimate of drug-likeness (QED) is 0.872. The molecule has 0 amide bonds. The first kappa shape index (κ1) is 12.6. The van der Waals surface area contributed by atoms with Crippen molar-refractivity contribution in [1.29, 1.82) is 0 Å². The van der Waals surface area contributed by atoms with Crippen molar-refractivity contribution in [2.24, 2.45) is 0 Å². The van der Waals surface area contributed by atoms with Gasteiger partial charge in [-0.2, -0.15) is 0 Å². The van der Waals surface area contributed by atoms with Gasteiger partial charge in [0.2, 0.25) is 0 Å². The Morgan fingerprint density at radius 1 is 1.32 bits per heavy atom. The van der Waals surface area contributed by atoms with E-state index in [0.29, 0.717) is 47.6 Å². The van der Waals surface area contributed by atoms with Gasteiger partial charge in [0.15, 0.2) is 11.5 Å². The van der Waals surface area contributed by atoms with Crippen LogP contribution in [0.5, 0.6) is 17.2 Å². The molecular weight excluding hydrogens is 316 g/mol. The van der Waals surface area contributed by atoms with Crippen LogP contribution in [0.2, 0.25) is 0 Å². The molecule has 0 aromatic heterocycles. The molecule has 0 spiro atoms. The third kappa shape index (κ3) is 1.85. The number of phenols is 1. The molecule has 6 heteroatoms. The van der Waals surface area contributed by atoms with Gasteiger partial charge in [-0.3, -0.25) is 4.79 Å². The highest BCUT2D eigenvalue weighted by Crippen LogP contribution is 2.58. The van der Waals surface area contributed by atoms with Crippen LogP contribution in [-0.2, 0) is 10.2 Å². The molecule has 102 valence electrons. The van der Waals surface area contributed by atoms with Crippen LogP contribution in [-0.4, -0.2) is 29.4 Å². The SMILES string of the molecule is O=C(O)C1(c2c(O)c(Br)cc3c2OCCCO3)CC1. The van der Waals surface area contributed by atoms with Crippen molar-refractivity contribution in [3.63, 3.8) is 0 Å². The summed E-state index contributed by atoms with van der Waals surface area (Å²) in [5.41, 5.74) is -0.697. The molecule has 1 aromatic carbocycles. The Kier molecular flexibility index (Phi) is 2.85. The van der Waals surface area contributed by atoms with Crippen LogP contribution >= 0.6 is 15.9 Å². The second kappa shape index (κ2) is 4.30. The van der Waals surface area contributed by atoms with E-state index in [2.05, 4.69) is 15.9 Å². The van der Waals surface area contributed by atoms with Gasteiger partial charge >= 0.3 is 5.97 Å². The van der Waals surface area contributed by atoms with Crippen LogP contribution in [0.1, 0.15) is 24.8 Å². The van der Waals surface area contributed by atoms with E-state index in [4.69, 9.17) is 9.47 Å². The van der Waals surface area contributed by atoms with Crippen LogP contribution < -0.4 is 9.47 Å². The molecule has 1 aliphatic heterocycles. The summed E-state index contributed by atoms with van der Waals surface area (Å²) in [6, 6.07) is 1.62. The minimum Gasteiger partial charge on any atom is -0.506 e. The zero-order chi connectivity index (χ0) is 13.6. The highest BCUT2D eigenvalue weighted by atomic mass is 79.9. The lowest BCUT2D eigenvalue weighted by atomic mass is 9.93. The molecule has 2 N–H and O–H groups in total. The first-order valence-electron chi connectivity index (χ1n) is 6.11. The Bertz CT molecular complexity index is 550. The maximum absolute atomic E-state index is 11.5. The van der Waals surface area contributed by atoms with Crippen molar-refractivity contribution in [1.82, 2.24) is 0 Å². The Balaban J connectivity index is 2.22. The lowest BCUT2D eigenvalue weighted by molar-refractivity contribution is -0.140. The van der Waals surface area contributed by atoms with Crippen LogP contribution in [0.3, 0.4) is 0 Å². The molecule has 19 heavy (non-hydrogen) atoms. The average molecular weight is 329 g/mol. The first-order chi connectivity index (χ1) is 9.06. The Morgan fingerprint density at radius 3 is 2.63 bits per heavy atom. The third-order valence-corrected chi connectivity index (χ3v) is 4.21. The number of aliphatic carboxylic acids is 1. The molecule has 0 saturated heterocycles. The van der Waals surface area contributed by atoms with Crippen LogP contribution in [0.25, 0.3) is 0 Å². The molecule has 0 bridgehead atoms. The van der Waals surface area contributed by atoms with E-state index in [1.165, 1.54) is 0 Å². The van der Waals surface area contributed by atoms with Gasteiger partial charge in [-0.1, -0.05) is 0 Å². The van der Waals surface area contributed by atoms with Gasteiger partial charge in [0.05, 0.1) is 23.2 Å². The number of halogens is 1. The van der Waals surface area contributed by atoms with Crippen molar-refractivity contribution < 1.29 is 24.5 Å². The number of phenolic OH excluding ortho intramolecular Hbond substituents is 1. The predicted molar refractivity (Wildman–Crippen MR) is 70.0 cm³/mol. The van der Waals surface area contributed by atoms with Gasteiger partial charge in [-0.15, -0.1) is 0 Å². The molecule has 1 heterocycles. The van der Waals surface area contributed by atoms with Gasteiger partial charge in [0.1, 0.15) is 11.2 Å². The van der Waals surface area contributed by atoms with E-state index in [1.807, 2.05) is 0 Å². The van der Waals surface area contributed by atoms with Gasteiger partial charge in [0, 0.05) is 12.5 Å². The number of carbonyl (C=O) groups is 1. The van der Waals surface area contributed by atoms with E-state index in [0.717, 1.165) is 6.42 Å². The smallest absolute Gasteiger partial charge is 0.314 e. The largest absolute Gasteiger partial charge is 0.506 e. The van der Waals surface area contributed by atoms with Crippen molar-refractivity contribution in [3.05, 3.63) is 16.1 Å². The van der Waals surface area contributed by atoms with Crippen LogP contribution in [0.15, 0.2) is 10.5 Å². The molecule has 0 unspecified atom stereocenters. The Morgan fingerprint density at radius 2 is 2.00 bits per heavy atom. The number of carboxylic acids is 1. The zero-order valence-electron chi connectivity index (χ0n) is 10.1. The maximum atomic E-state index is 11.5. The predicted octanol–water partition coefficient (Wildman–Crippen LogP) is 2.43. The molecule has 1 aromatic rings. The first-order valence-corrected chi connectivity index (χ1v) is 6.90. The highest BCUT2D eigenvalue weighted by Gasteiger charge is 2.56. The standard InChI is InChI=1S/C13H13BrO5/c14-7-6-8-11(19-5-1-4-18-8)9(10(7)15)13(2-3-13)12(16)17/h6,15H,1-5H2,(H,16,17). The van der Waals surface area contributed by atoms with Crippen molar-refractivity contribution in [2.75, 3.05) is 13.2 Å². The van der Waals surface area contributed by atoms with Gasteiger partial charge in [-0.25, -0.2) is 0 Å². The number of ether oxygens (including phenoxy) is 2. The summed E-state index contributed by atoms with van der Waals surface area (Å²) >= 11 is 3.24. The number of fused-ring (bicyclic) bond motifs is 1. The molecule has 1 fully saturated rings. The summed E-state index contributed by atoms with van der Waals surface area (Å²) in [6.07, 6.45) is 1.73. The lowest BCUT2D eigenvalue weighted by Crippen LogP contribution is -2.21. The number of carboxylic acid groups (broad SMARTS) is 1. The molecule has 1 saturated carbocycles. The number of rotatable bonds is 2. The van der Waals surface area contributed by atoms with E-state index < -0.39 is 11.4 Å². The highest BCUT2D eigenvalue weighted by molar-refractivity contribution is 9.10. The van der Waals surface area contributed by atoms with Gasteiger partial charge in [-0.05, 0) is 28.8 Å². The number of benzene rings is 1. The number of hydrogen-bond donors (Lipinski definition) is 2. The number of hydrogen-bond acceptors (Lipinski definition) is 4. The molecule has 0 atom stereocenters. The van der Waals surface area contributed by atoms with Crippen LogP contribution in [0, 0.1) is 0 Å². The molecule has 2 aliphatic rings. The van der Waals surface area contributed by atoms with E-state index in [-0.39, 0.29) is 5.75 Å². The molecule has 3 rings (SSSR count). The lowest BCUT2D eigenvalue weighted by Gasteiger charge is -2.19. The fourth-order valence-electron chi connectivity index (χ4n) is 2.40. The number of aromatic hydroxyl groups is 1. The van der Waals surface area contributed by atoms with Gasteiger partial charge in [0.25, 0.3) is 0 Å². The summed E-state index contributed by atoms with van der Waals surface area (Å²) in [6.45, 7) is 0.973. The fourth-order valence-corrected chi connectivity index (χ4v) is 2.81. The molecule has 5 nitrogen and oxygen atoms in total. The van der Waals surface area contributed by atoms with Crippen molar-refractivity contribution in [2.45, 2.75) is 24.7 Å². The van der Waals surface area contributed by atoms with E-state index in [9.17, 15) is 15.0 Å². The summed E-state index contributed by atoms with van der Waals surface area (Å²) in [5.74, 6) is -0.136.